The molecule has 0 saturated carbocycles. The second kappa shape index (κ2) is 4.55. The monoisotopic (exact) mass is 233 g/mol. The van der Waals surface area contributed by atoms with Crippen molar-refractivity contribution in [2.75, 3.05) is 0 Å². The van der Waals surface area contributed by atoms with E-state index in [1.54, 1.807) is 24.5 Å². The van der Waals surface area contributed by atoms with Crippen molar-refractivity contribution in [1.82, 2.24) is 15.0 Å². The van der Waals surface area contributed by atoms with Gasteiger partial charge in [-0.1, -0.05) is 13.8 Å². The second-order valence-electron chi connectivity index (χ2n) is 4.24. The molecule has 5 nitrogen and oxygen atoms in total. The van der Waals surface area contributed by atoms with Crippen molar-refractivity contribution < 1.29 is 5.11 Å². The molecule has 0 aliphatic carbocycles. The number of nitrogens with one attached hydrogen (secondary N) is 2. The summed E-state index contributed by atoms with van der Waals surface area (Å²) >= 11 is 0. The minimum absolute atomic E-state index is 0.139. The first-order valence-electron chi connectivity index (χ1n) is 5.49. The Morgan fingerprint density at radius 1 is 1.18 bits per heavy atom. The molecule has 0 aliphatic rings. The standard InChI is InChI=1S/C12H15N3O2/c1-7(2)9-10(15-12(17)14-9)11(16)8-3-5-13-6-4-8/h3-7,11,16H,1-2H3,(H2,14,15,17). The van der Waals surface area contributed by atoms with Crippen LogP contribution in [0.5, 0.6) is 0 Å². The molecule has 1 unspecified atom stereocenters. The highest BCUT2D eigenvalue weighted by atomic mass is 16.3. The fourth-order valence-electron chi connectivity index (χ4n) is 1.79. The number of hydrogen-bond acceptors (Lipinski definition) is 3. The van der Waals surface area contributed by atoms with E-state index in [2.05, 4.69) is 15.0 Å². The number of H-pyrrole nitrogens is 2. The molecule has 2 aromatic heterocycles. The Labute approximate surface area is 98.6 Å². The summed E-state index contributed by atoms with van der Waals surface area (Å²) in [5.41, 5.74) is 1.67. The van der Waals surface area contributed by atoms with Gasteiger partial charge in [-0.2, -0.15) is 0 Å². The lowest BCUT2D eigenvalue weighted by Gasteiger charge is -2.12. The number of imidazole rings is 1. The molecule has 0 fully saturated rings. The first kappa shape index (κ1) is 11.6. The van der Waals surface area contributed by atoms with Crippen LogP contribution in [-0.2, 0) is 0 Å². The average Bonchev–Trinajstić information content (AvgIpc) is 2.72. The van der Waals surface area contributed by atoms with Gasteiger partial charge in [-0.15, -0.1) is 0 Å². The van der Waals surface area contributed by atoms with Gasteiger partial charge in [0.15, 0.2) is 0 Å². The summed E-state index contributed by atoms with van der Waals surface area (Å²) in [6, 6.07) is 3.44. The molecule has 90 valence electrons. The van der Waals surface area contributed by atoms with Crippen molar-refractivity contribution in [3.8, 4) is 0 Å². The normalized spacial score (nSPS) is 12.9. The van der Waals surface area contributed by atoms with E-state index in [4.69, 9.17) is 0 Å². The molecule has 0 aromatic carbocycles. The van der Waals surface area contributed by atoms with E-state index in [0.29, 0.717) is 11.3 Å². The maximum Gasteiger partial charge on any atom is 0.323 e. The van der Waals surface area contributed by atoms with Crippen LogP contribution in [0.4, 0.5) is 0 Å². The zero-order valence-corrected chi connectivity index (χ0v) is 9.77. The highest BCUT2D eigenvalue weighted by Gasteiger charge is 2.19. The molecule has 0 bridgehead atoms. The summed E-state index contributed by atoms with van der Waals surface area (Å²) in [5.74, 6) is 0.139. The van der Waals surface area contributed by atoms with E-state index < -0.39 is 6.10 Å². The van der Waals surface area contributed by atoms with E-state index >= 15 is 0 Å². The molecule has 17 heavy (non-hydrogen) atoms. The van der Waals surface area contributed by atoms with Gasteiger partial charge < -0.3 is 15.1 Å². The van der Waals surface area contributed by atoms with Gasteiger partial charge in [-0.25, -0.2) is 4.79 Å². The molecule has 3 N–H and O–H groups in total. The van der Waals surface area contributed by atoms with Gasteiger partial charge in [0, 0.05) is 18.1 Å². The average molecular weight is 233 g/mol. The van der Waals surface area contributed by atoms with Crippen molar-refractivity contribution in [3.63, 3.8) is 0 Å². The van der Waals surface area contributed by atoms with Crippen molar-refractivity contribution in [2.45, 2.75) is 25.9 Å². The van der Waals surface area contributed by atoms with Crippen molar-refractivity contribution >= 4 is 0 Å². The van der Waals surface area contributed by atoms with Gasteiger partial charge in [-0.05, 0) is 23.6 Å². The Morgan fingerprint density at radius 2 is 1.76 bits per heavy atom. The number of aromatic amines is 2. The first-order valence-corrected chi connectivity index (χ1v) is 5.49. The van der Waals surface area contributed by atoms with Crippen LogP contribution in [0.1, 0.15) is 42.8 Å². The topological polar surface area (TPSA) is 81.8 Å². The Morgan fingerprint density at radius 3 is 2.35 bits per heavy atom. The predicted molar refractivity (Wildman–Crippen MR) is 63.8 cm³/mol. The minimum Gasteiger partial charge on any atom is -0.382 e. The van der Waals surface area contributed by atoms with Gasteiger partial charge >= 0.3 is 5.69 Å². The zero-order chi connectivity index (χ0) is 12.4. The molecule has 2 heterocycles. The summed E-state index contributed by atoms with van der Waals surface area (Å²) in [7, 11) is 0. The third-order valence-electron chi connectivity index (χ3n) is 2.66. The van der Waals surface area contributed by atoms with Gasteiger partial charge in [-0.3, -0.25) is 4.98 Å². The SMILES string of the molecule is CC(C)c1[nH]c(=O)[nH]c1C(O)c1ccncc1. The van der Waals surface area contributed by atoms with Crippen molar-refractivity contribution in [1.29, 1.82) is 0 Å². The number of rotatable bonds is 3. The third kappa shape index (κ3) is 2.29. The lowest BCUT2D eigenvalue weighted by atomic mass is 10.0. The van der Waals surface area contributed by atoms with Crippen LogP contribution in [0, 0.1) is 0 Å². The smallest absolute Gasteiger partial charge is 0.323 e. The molecule has 0 amide bonds. The molecule has 2 rings (SSSR count). The van der Waals surface area contributed by atoms with E-state index in [9.17, 15) is 9.90 Å². The number of aliphatic hydroxyl groups excluding tert-OH is 1. The lowest BCUT2D eigenvalue weighted by molar-refractivity contribution is 0.214. The molecule has 0 spiro atoms. The summed E-state index contributed by atoms with van der Waals surface area (Å²) in [5, 5.41) is 10.2. The summed E-state index contributed by atoms with van der Waals surface area (Å²) in [6.07, 6.45) is 2.38. The largest absolute Gasteiger partial charge is 0.382 e. The van der Waals surface area contributed by atoms with Crippen LogP contribution in [0.25, 0.3) is 0 Å². The molecule has 2 aromatic rings. The van der Waals surface area contributed by atoms with Crippen molar-refractivity contribution in [2.24, 2.45) is 0 Å². The number of nitrogens with zero attached hydrogens (tertiary/aromatic N) is 1. The molecular weight excluding hydrogens is 218 g/mol. The Hall–Kier alpha value is -1.88. The quantitative estimate of drug-likeness (QED) is 0.747. The maximum atomic E-state index is 11.3. The summed E-state index contributed by atoms with van der Waals surface area (Å²) in [4.78, 5) is 20.6. The highest BCUT2D eigenvalue weighted by Crippen LogP contribution is 2.25. The number of aromatic nitrogens is 3. The minimum atomic E-state index is -0.839. The molecule has 5 heteroatoms. The fourth-order valence-corrected chi connectivity index (χ4v) is 1.79. The van der Waals surface area contributed by atoms with Gasteiger partial charge in [0.2, 0.25) is 0 Å². The fraction of sp³-hybridized carbons (Fsp3) is 0.333. The zero-order valence-electron chi connectivity index (χ0n) is 9.77. The van der Waals surface area contributed by atoms with Gasteiger partial charge in [0.1, 0.15) is 6.10 Å². The number of pyridine rings is 1. The van der Waals surface area contributed by atoms with E-state index in [1.807, 2.05) is 13.8 Å². The molecular formula is C12H15N3O2. The Balaban J connectivity index is 2.44. The highest BCUT2D eigenvalue weighted by molar-refractivity contribution is 5.27. The lowest BCUT2D eigenvalue weighted by Crippen LogP contribution is -2.06. The van der Waals surface area contributed by atoms with Crippen LogP contribution in [-0.4, -0.2) is 20.1 Å². The summed E-state index contributed by atoms with van der Waals surface area (Å²) < 4.78 is 0. The maximum absolute atomic E-state index is 11.3. The van der Waals surface area contributed by atoms with E-state index in [-0.39, 0.29) is 11.6 Å². The van der Waals surface area contributed by atoms with Crippen molar-refractivity contribution in [3.05, 3.63) is 52.0 Å². The van der Waals surface area contributed by atoms with E-state index in [1.165, 1.54) is 0 Å². The number of aliphatic hydroxyl groups is 1. The second-order valence-corrected chi connectivity index (χ2v) is 4.24. The Bertz CT molecular complexity index is 542. The van der Waals surface area contributed by atoms with E-state index in [0.717, 1.165) is 5.69 Å². The van der Waals surface area contributed by atoms with Crippen LogP contribution < -0.4 is 5.69 Å². The molecule has 1 atom stereocenters. The van der Waals surface area contributed by atoms with Crippen LogP contribution in [0.15, 0.2) is 29.3 Å². The van der Waals surface area contributed by atoms with Gasteiger partial charge in [0.25, 0.3) is 0 Å². The third-order valence-corrected chi connectivity index (χ3v) is 2.66. The Kier molecular flexibility index (Phi) is 3.10. The molecule has 0 aliphatic heterocycles. The van der Waals surface area contributed by atoms with Gasteiger partial charge in [0.05, 0.1) is 5.69 Å². The van der Waals surface area contributed by atoms with Crippen LogP contribution >= 0.6 is 0 Å². The molecule has 0 saturated heterocycles. The summed E-state index contributed by atoms with van der Waals surface area (Å²) in [6.45, 7) is 3.92. The molecule has 0 radical (unpaired) electrons. The number of hydrogen-bond donors (Lipinski definition) is 3. The predicted octanol–water partition coefficient (Wildman–Crippen LogP) is 1.30. The van der Waals surface area contributed by atoms with Crippen LogP contribution in [0.3, 0.4) is 0 Å². The van der Waals surface area contributed by atoms with Crippen LogP contribution in [0.2, 0.25) is 0 Å². The first-order chi connectivity index (χ1) is 8.09.